The van der Waals surface area contributed by atoms with Gasteiger partial charge in [0.25, 0.3) is 0 Å². The first-order chi connectivity index (χ1) is 15.1. The van der Waals surface area contributed by atoms with Gasteiger partial charge in [-0.3, -0.25) is 0 Å². The molecule has 6 nitrogen and oxygen atoms in total. The Morgan fingerprint density at radius 3 is 2.10 bits per heavy atom. The Balaban J connectivity index is 1.92. The first kappa shape index (κ1) is 21.5. The fraction of sp³-hybridized carbons (Fsp3) is 0.120. The number of rotatable bonds is 7. The summed E-state index contributed by atoms with van der Waals surface area (Å²) in [5.41, 5.74) is 1.99. The molecule has 0 atom stereocenters. The fourth-order valence-corrected chi connectivity index (χ4v) is 3.08. The fourth-order valence-electron chi connectivity index (χ4n) is 3.08. The van der Waals surface area contributed by atoms with Gasteiger partial charge in [0.15, 0.2) is 0 Å². The van der Waals surface area contributed by atoms with Crippen molar-refractivity contribution in [1.82, 2.24) is 0 Å². The number of allylic oxidation sites excluding steroid dienone is 1. The Morgan fingerprint density at radius 1 is 0.839 bits per heavy atom. The highest BCUT2D eigenvalue weighted by Crippen LogP contribution is 2.31. The van der Waals surface area contributed by atoms with Gasteiger partial charge in [-0.15, -0.1) is 0 Å². The van der Waals surface area contributed by atoms with Crippen molar-refractivity contribution in [2.75, 3.05) is 21.3 Å². The number of methoxy groups -OCH3 is 3. The summed E-state index contributed by atoms with van der Waals surface area (Å²) >= 11 is 0. The SMILES string of the molecule is COc1ccccc1/C(C#N)=C\c1cccc(OC(=O)c2c(OC)cccc2OC)c1. The number of nitriles is 1. The summed E-state index contributed by atoms with van der Waals surface area (Å²) in [7, 11) is 4.50. The van der Waals surface area contributed by atoms with Crippen LogP contribution in [0.4, 0.5) is 0 Å². The van der Waals surface area contributed by atoms with E-state index in [0.717, 1.165) is 0 Å². The summed E-state index contributed by atoms with van der Waals surface area (Å²) in [6, 6.07) is 21.4. The van der Waals surface area contributed by atoms with Gasteiger partial charge in [-0.2, -0.15) is 5.26 Å². The first-order valence-corrected chi connectivity index (χ1v) is 9.39. The molecule has 3 aromatic carbocycles. The molecular formula is C25H21NO5. The van der Waals surface area contributed by atoms with Crippen LogP contribution in [0.25, 0.3) is 11.6 Å². The van der Waals surface area contributed by atoms with Gasteiger partial charge in [-0.25, -0.2) is 4.79 Å². The maximum atomic E-state index is 12.8. The first-order valence-electron chi connectivity index (χ1n) is 9.39. The second kappa shape index (κ2) is 9.99. The average molecular weight is 415 g/mol. The molecule has 0 saturated carbocycles. The molecule has 0 aliphatic carbocycles. The molecule has 3 aromatic rings. The molecule has 0 amide bonds. The van der Waals surface area contributed by atoms with Crippen molar-refractivity contribution in [3.8, 4) is 29.1 Å². The van der Waals surface area contributed by atoms with E-state index in [1.54, 1.807) is 55.7 Å². The van der Waals surface area contributed by atoms with E-state index < -0.39 is 5.97 Å². The van der Waals surface area contributed by atoms with Crippen LogP contribution in [0.3, 0.4) is 0 Å². The van der Waals surface area contributed by atoms with E-state index in [0.29, 0.717) is 39.7 Å². The topological polar surface area (TPSA) is 77.8 Å². The van der Waals surface area contributed by atoms with Crippen molar-refractivity contribution in [3.05, 3.63) is 83.4 Å². The lowest BCUT2D eigenvalue weighted by Crippen LogP contribution is -2.12. The van der Waals surface area contributed by atoms with E-state index in [1.807, 2.05) is 24.3 Å². The molecule has 156 valence electrons. The summed E-state index contributed by atoms with van der Waals surface area (Å²) in [6.45, 7) is 0. The number of para-hydroxylation sites is 1. The molecule has 0 heterocycles. The van der Waals surface area contributed by atoms with Crippen LogP contribution in [0.5, 0.6) is 23.0 Å². The van der Waals surface area contributed by atoms with Gasteiger partial charge in [-0.1, -0.05) is 30.3 Å². The Labute approximate surface area is 180 Å². The molecule has 0 N–H and O–H groups in total. The van der Waals surface area contributed by atoms with Gasteiger partial charge >= 0.3 is 5.97 Å². The van der Waals surface area contributed by atoms with Crippen LogP contribution < -0.4 is 18.9 Å². The largest absolute Gasteiger partial charge is 0.496 e. The van der Waals surface area contributed by atoms with Crippen LogP contribution in [0.2, 0.25) is 0 Å². The van der Waals surface area contributed by atoms with Crippen LogP contribution in [0.15, 0.2) is 66.7 Å². The summed E-state index contributed by atoms with van der Waals surface area (Å²) in [5.74, 6) is 1.01. The predicted octanol–water partition coefficient (Wildman–Crippen LogP) is 5.00. The van der Waals surface area contributed by atoms with Crippen LogP contribution in [-0.2, 0) is 0 Å². The molecule has 0 aliphatic heterocycles. The zero-order valence-corrected chi connectivity index (χ0v) is 17.4. The third kappa shape index (κ3) is 4.85. The zero-order valence-electron chi connectivity index (χ0n) is 17.4. The van der Waals surface area contributed by atoms with Gasteiger partial charge in [0.05, 0.1) is 33.0 Å². The molecular weight excluding hydrogens is 394 g/mol. The summed E-state index contributed by atoms with van der Waals surface area (Å²) in [5, 5.41) is 9.65. The Morgan fingerprint density at radius 2 is 1.45 bits per heavy atom. The summed E-state index contributed by atoms with van der Waals surface area (Å²) in [6.07, 6.45) is 1.71. The second-order valence-corrected chi connectivity index (χ2v) is 6.37. The number of benzene rings is 3. The maximum absolute atomic E-state index is 12.8. The van der Waals surface area contributed by atoms with E-state index in [9.17, 15) is 10.1 Å². The van der Waals surface area contributed by atoms with Crippen molar-refractivity contribution in [3.63, 3.8) is 0 Å². The van der Waals surface area contributed by atoms with Gasteiger partial charge in [0, 0.05) is 5.56 Å². The number of hydrogen-bond donors (Lipinski definition) is 0. The highest BCUT2D eigenvalue weighted by atomic mass is 16.5. The highest BCUT2D eigenvalue weighted by molar-refractivity contribution is 5.97. The number of carbonyl (C=O) groups is 1. The average Bonchev–Trinajstić information content (AvgIpc) is 2.82. The molecule has 0 unspecified atom stereocenters. The molecule has 0 aromatic heterocycles. The standard InChI is InChI=1S/C25H21NO5/c1-28-21-11-5-4-10-20(21)18(16-26)14-17-8-6-9-19(15-17)31-25(27)24-22(29-2)12-7-13-23(24)30-3/h4-15H,1-3H3/b18-14-. The number of carbonyl (C=O) groups excluding carboxylic acids is 1. The lowest BCUT2D eigenvalue weighted by molar-refractivity contribution is 0.0727. The van der Waals surface area contributed by atoms with Crippen molar-refractivity contribution in [2.24, 2.45) is 0 Å². The minimum Gasteiger partial charge on any atom is -0.496 e. The van der Waals surface area contributed by atoms with E-state index in [1.165, 1.54) is 14.2 Å². The van der Waals surface area contributed by atoms with Gasteiger partial charge in [0.1, 0.15) is 28.6 Å². The van der Waals surface area contributed by atoms with Crippen molar-refractivity contribution in [1.29, 1.82) is 5.26 Å². The number of esters is 1. The van der Waals surface area contributed by atoms with E-state index in [2.05, 4.69) is 6.07 Å². The molecule has 3 rings (SSSR count). The summed E-state index contributed by atoms with van der Waals surface area (Å²) in [4.78, 5) is 12.8. The Hall–Kier alpha value is -4.24. The van der Waals surface area contributed by atoms with Crippen LogP contribution in [0, 0.1) is 11.3 Å². The van der Waals surface area contributed by atoms with Gasteiger partial charge in [-0.05, 0) is 48.0 Å². The predicted molar refractivity (Wildman–Crippen MR) is 117 cm³/mol. The molecule has 0 radical (unpaired) electrons. The molecule has 0 fully saturated rings. The third-order valence-corrected chi connectivity index (χ3v) is 4.53. The molecule has 6 heteroatoms. The van der Waals surface area contributed by atoms with Crippen LogP contribution in [0.1, 0.15) is 21.5 Å². The van der Waals surface area contributed by atoms with Crippen LogP contribution in [-0.4, -0.2) is 27.3 Å². The minimum absolute atomic E-state index is 0.195. The van der Waals surface area contributed by atoms with Crippen molar-refractivity contribution < 1.29 is 23.7 Å². The van der Waals surface area contributed by atoms with Crippen molar-refractivity contribution >= 4 is 17.6 Å². The van der Waals surface area contributed by atoms with Crippen LogP contribution >= 0.6 is 0 Å². The number of hydrogen-bond acceptors (Lipinski definition) is 6. The van der Waals surface area contributed by atoms with E-state index in [-0.39, 0.29) is 5.56 Å². The maximum Gasteiger partial charge on any atom is 0.351 e. The molecule has 31 heavy (non-hydrogen) atoms. The van der Waals surface area contributed by atoms with Gasteiger partial charge < -0.3 is 18.9 Å². The number of nitrogens with zero attached hydrogens (tertiary/aromatic N) is 1. The smallest absolute Gasteiger partial charge is 0.351 e. The molecule has 0 aliphatic rings. The number of ether oxygens (including phenoxy) is 4. The lowest BCUT2D eigenvalue weighted by atomic mass is 10.0. The second-order valence-electron chi connectivity index (χ2n) is 6.37. The lowest BCUT2D eigenvalue weighted by Gasteiger charge is -2.12. The Bertz CT molecular complexity index is 1140. The quantitative estimate of drug-likeness (QED) is 0.234. The monoisotopic (exact) mass is 415 g/mol. The van der Waals surface area contributed by atoms with E-state index >= 15 is 0 Å². The Kier molecular flexibility index (Phi) is 6.92. The molecule has 0 saturated heterocycles. The highest BCUT2D eigenvalue weighted by Gasteiger charge is 2.20. The zero-order chi connectivity index (χ0) is 22.2. The summed E-state index contributed by atoms with van der Waals surface area (Å²) < 4.78 is 21.4. The normalized spacial score (nSPS) is 10.7. The van der Waals surface area contributed by atoms with Gasteiger partial charge in [0.2, 0.25) is 0 Å². The molecule has 0 spiro atoms. The minimum atomic E-state index is -0.610. The molecule has 0 bridgehead atoms. The van der Waals surface area contributed by atoms with E-state index in [4.69, 9.17) is 18.9 Å². The third-order valence-electron chi connectivity index (χ3n) is 4.53. The van der Waals surface area contributed by atoms with Crippen molar-refractivity contribution in [2.45, 2.75) is 0 Å².